The second kappa shape index (κ2) is 7.11. The predicted molar refractivity (Wildman–Crippen MR) is 78.6 cm³/mol. The van der Waals surface area contributed by atoms with Crippen LogP contribution in [-0.4, -0.2) is 19.0 Å². The number of ether oxygens (including phenoxy) is 2. The van der Waals surface area contributed by atoms with Crippen molar-refractivity contribution in [3.63, 3.8) is 0 Å². The van der Waals surface area contributed by atoms with E-state index >= 15 is 0 Å². The van der Waals surface area contributed by atoms with Gasteiger partial charge in [-0.15, -0.1) is 0 Å². The van der Waals surface area contributed by atoms with Crippen LogP contribution in [0.2, 0.25) is 0 Å². The molecule has 2 aromatic carbocycles. The Kier molecular flexibility index (Phi) is 4.94. The molecular formula is C17H15NO3. The molecule has 0 fully saturated rings. The van der Waals surface area contributed by atoms with Crippen LogP contribution in [-0.2, 0) is 0 Å². The minimum Gasteiger partial charge on any atom is -0.489 e. The molecule has 0 aliphatic rings. The normalized spacial score (nSPS) is 9.71. The molecule has 4 heteroatoms. The highest BCUT2D eigenvalue weighted by atomic mass is 16.5. The largest absolute Gasteiger partial charge is 0.489 e. The number of Topliss-reactive ketones (excluding diaryl/α,β-unsaturated/α-hetero) is 1. The maximum atomic E-state index is 11.5. The first-order chi connectivity index (χ1) is 10.2. The maximum Gasteiger partial charge on any atom is 0.163 e. The van der Waals surface area contributed by atoms with Crippen molar-refractivity contribution >= 4 is 5.78 Å². The van der Waals surface area contributed by atoms with Crippen molar-refractivity contribution in [3.8, 4) is 17.6 Å². The van der Waals surface area contributed by atoms with E-state index in [1.165, 1.54) is 6.92 Å². The molecule has 21 heavy (non-hydrogen) atoms. The summed E-state index contributed by atoms with van der Waals surface area (Å²) in [5.41, 5.74) is 1.04. The SMILES string of the molecule is CC(=O)c1ccccc1OCCOc1ccccc1C#N. The fourth-order valence-corrected chi connectivity index (χ4v) is 1.87. The van der Waals surface area contributed by atoms with E-state index in [0.717, 1.165) is 0 Å². The molecule has 0 aromatic heterocycles. The summed E-state index contributed by atoms with van der Waals surface area (Å²) in [4.78, 5) is 11.5. The van der Waals surface area contributed by atoms with Gasteiger partial charge in [0.15, 0.2) is 5.78 Å². The van der Waals surface area contributed by atoms with Crippen LogP contribution < -0.4 is 9.47 Å². The van der Waals surface area contributed by atoms with Gasteiger partial charge in [0, 0.05) is 0 Å². The minimum atomic E-state index is -0.0404. The van der Waals surface area contributed by atoms with Crippen molar-refractivity contribution in [1.82, 2.24) is 0 Å². The van der Waals surface area contributed by atoms with Crippen LogP contribution in [0.1, 0.15) is 22.8 Å². The highest BCUT2D eigenvalue weighted by Gasteiger charge is 2.07. The monoisotopic (exact) mass is 281 g/mol. The first-order valence-corrected chi connectivity index (χ1v) is 6.57. The second-order valence-electron chi connectivity index (χ2n) is 4.36. The minimum absolute atomic E-state index is 0.0404. The Morgan fingerprint density at radius 1 is 1.00 bits per heavy atom. The molecule has 0 aliphatic carbocycles. The number of hydrogen-bond acceptors (Lipinski definition) is 4. The van der Waals surface area contributed by atoms with E-state index in [2.05, 4.69) is 6.07 Å². The molecular weight excluding hydrogens is 266 g/mol. The van der Waals surface area contributed by atoms with Crippen LogP contribution in [0.3, 0.4) is 0 Å². The number of nitriles is 1. The molecule has 0 aliphatic heterocycles. The van der Waals surface area contributed by atoms with Gasteiger partial charge in [-0.1, -0.05) is 24.3 Å². The van der Waals surface area contributed by atoms with Gasteiger partial charge in [-0.25, -0.2) is 0 Å². The highest BCUT2D eigenvalue weighted by Crippen LogP contribution is 2.19. The standard InChI is InChI=1S/C17H15NO3/c1-13(19)15-7-3-5-9-17(15)21-11-10-20-16-8-4-2-6-14(16)12-18/h2-9H,10-11H2,1H3. The molecule has 0 amide bonds. The van der Waals surface area contributed by atoms with Gasteiger partial charge in [0.1, 0.15) is 30.8 Å². The fourth-order valence-electron chi connectivity index (χ4n) is 1.87. The lowest BCUT2D eigenvalue weighted by Gasteiger charge is -2.11. The van der Waals surface area contributed by atoms with E-state index in [1.807, 2.05) is 12.1 Å². The quantitative estimate of drug-likeness (QED) is 0.602. The van der Waals surface area contributed by atoms with Crippen molar-refractivity contribution in [2.24, 2.45) is 0 Å². The molecule has 2 aromatic rings. The van der Waals surface area contributed by atoms with E-state index < -0.39 is 0 Å². The molecule has 2 rings (SSSR count). The Morgan fingerprint density at radius 2 is 1.57 bits per heavy atom. The number of rotatable bonds is 6. The molecule has 0 N–H and O–H groups in total. The van der Waals surface area contributed by atoms with Gasteiger partial charge in [-0.05, 0) is 31.2 Å². The Morgan fingerprint density at radius 3 is 2.24 bits per heavy atom. The molecule has 0 unspecified atom stereocenters. The number of para-hydroxylation sites is 2. The molecule has 0 heterocycles. The van der Waals surface area contributed by atoms with E-state index in [1.54, 1.807) is 36.4 Å². The summed E-state index contributed by atoms with van der Waals surface area (Å²) in [5.74, 6) is 1.03. The van der Waals surface area contributed by atoms with Gasteiger partial charge >= 0.3 is 0 Å². The van der Waals surface area contributed by atoms with Crippen molar-refractivity contribution in [3.05, 3.63) is 59.7 Å². The summed E-state index contributed by atoms with van der Waals surface area (Å²) in [7, 11) is 0. The zero-order valence-electron chi connectivity index (χ0n) is 11.7. The van der Waals surface area contributed by atoms with Gasteiger partial charge < -0.3 is 9.47 Å². The van der Waals surface area contributed by atoms with Crippen LogP contribution in [0, 0.1) is 11.3 Å². The van der Waals surface area contributed by atoms with Gasteiger partial charge in [0.25, 0.3) is 0 Å². The molecule has 0 atom stereocenters. The summed E-state index contributed by atoms with van der Waals surface area (Å²) in [6.45, 7) is 2.09. The van der Waals surface area contributed by atoms with Crippen molar-refractivity contribution in [2.45, 2.75) is 6.92 Å². The lowest BCUT2D eigenvalue weighted by Crippen LogP contribution is -2.11. The van der Waals surface area contributed by atoms with E-state index in [4.69, 9.17) is 14.7 Å². The molecule has 106 valence electrons. The van der Waals surface area contributed by atoms with Crippen molar-refractivity contribution in [1.29, 1.82) is 5.26 Å². The Bertz CT molecular complexity index is 674. The maximum absolute atomic E-state index is 11.5. The number of carbonyl (C=O) groups excluding carboxylic acids is 1. The third kappa shape index (κ3) is 3.83. The number of nitrogens with zero attached hydrogens (tertiary/aromatic N) is 1. The number of benzene rings is 2. The molecule has 0 saturated carbocycles. The van der Waals surface area contributed by atoms with Crippen LogP contribution in [0.5, 0.6) is 11.5 Å². The Balaban J connectivity index is 1.91. The Labute approximate surface area is 123 Å². The first-order valence-electron chi connectivity index (χ1n) is 6.57. The summed E-state index contributed by atoms with van der Waals surface area (Å²) in [5, 5.41) is 8.95. The number of ketones is 1. The van der Waals surface area contributed by atoms with Gasteiger partial charge in [-0.3, -0.25) is 4.79 Å². The van der Waals surface area contributed by atoms with Crippen molar-refractivity contribution in [2.75, 3.05) is 13.2 Å². The zero-order chi connectivity index (χ0) is 15.1. The van der Waals surface area contributed by atoms with Crippen LogP contribution >= 0.6 is 0 Å². The van der Waals surface area contributed by atoms with Crippen molar-refractivity contribution < 1.29 is 14.3 Å². The van der Waals surface area contributed by atoms with E-state index in [9.17, 15) is 4.79 Å². The lowest BCUT2D eigenvalue weighted by atomic mass is 10.1. The molecule has 4 nitrogen and oxygen atoms in total. The van der Waals surface area contributed by atoms with E-state index in [-0.39, 0.29) is 5.78 Å². The van der Waals surface area contributed by atoms with E-state index in [0.29, 0.717) is 35.8 Å². The van der Waals surface area contributed by atoms with Crippen LogP contribution in [0.15, 0.2) is 48.5 Å². The molecule has 0 radical (unpaired) electrons. The van der Waals surface area contributed by atoms with Gasteiger partial charge in [-0.2, -0.15) is 5.26 Å². The summed E-state index contributed by atoms with van der Waals surface area (Å²) >= 11 is 0. The molecule has 0 bridgehead atoms. The smallest absolute Gasteiger partial charge is 0.163 e. The highest BCUT2D eigenvalue weighted by molar-refractivity contribution is 5.96. The predicted octanol–water partition coefficient (Wildman–Crippen LogP) is 3.22. The Hall–Kier alpha value is -2.80. The first kappa shape index (κ1) is 14.6. The topological polar surface area (TPSA) is 59.3 Å². The molecule has 0 saturated heterocycles. The van der Waals surface area contributed by atoms with Crippen LogP contribution in [0.25, 0.3) is 0 Å². The number of carbonyl (C=O) groups is 1. The second-order valence-corrected chi connectivity index (χ2v) is 4.36. The average Bonchev–Trinajstić information content (AvgIpc) is 2.52. The number of hydrogen-bond donors (Lipinski definition) is 0. The average molecular weight is 281 g/mol. The van der Waals surface area contributed by atoms with Crippen LogP contribution in [0.4, 0.5) is 0 Å². The third-order valence-electron chi connectivity index (χ3n) is 2.87. The summed E-state index contributed by atoms with van der Waals surface area (Å²) < 4.78 is 11.1. The molecule has 0 spiro atoms. The fraction of sp³-hybridized carbons (Fsp3) is 0.176. The zero-order valence-corrected chi connectivity index (χ0v) is 11.7. The summed E-state index contributed by atoms with van der Waals surface area (Å²) in [6.07, 6.45) is 0. The lowest BCUT2D eigenvalue weighted by molar-refractivity contribution is 0.101. The van der Waals surface area contributed by atoms with Gasteiger partial charge in [0.2, 0.25) is 0 Å². The summed E-state index contributed by atoms with van der Waals surface area (Å²) in [6, 6.07) is 16.2. The van der Waals surface area contributed by atoms with Gasteiger partial charge in [0.05, 0.1) is 11.1 Å². The third-order valence-corrected chi connectivity index (χ3v) is 2.87.